The number of aromatic nitrogens is 1. The first-order valence-electron chi connectivity index (χ1n) is 14.4. The minimum atomic E-state index is -4.19. The zero-order chi connectivity index (χ0) is 31.9. The normalized spacial score (nSPS) is 19.1. The van der Waals surface area contributed by atoms with E-state index in [1.54, 1.807) is 49.2 Å². The van der Waals surface area contributed by atoms with Gasteiger partial charge in [-0.05, 0) is 56.9 Å². The van der Waals surface area contributed by atoms with E-state index in [4.69, 9.17) is 10.5 Å². The number of aliphatic carboxylic acids is 1. The summed E-state index contributed by atoms with van der Waals surface area (Å²) in [6, 6.07) is 6.29. The van der Waals surface area contributed by atoms with E-state index in [9.17, 15) is 27.9 Å². The largest absolute Gasteiger partial charge is 0.480 e. The van der Waals surface area contributed by atoms with Gasteiger partial charge in [-0.25, -0.2) is 8.42 Å². The monoisotopic (exact) mass is 617 g/mol. The molecule has 3 rings (SSSR count). The molecule has 0 spiro atoms. The second-order valence-corrected chi connectivity index (χ2v) is 12.9. The molecule has 2 aromatic rings. The lowest BCUT2D eigenvalue weighted by Gasteiger charge is -2.30. The second kappa shape index (κ2) is 14.9. The number of sulfonamides is 1. The minimum absolute atomic E-state index is 0.00562. The molecule has 12 nitrogen and oxygen atoms in total. The van der Waals surface area contributed by atoms with E-state index < -0.39 is 53.2 Å². The molecule has 5 unspecified atom stereocenters. The highest BCUT2D eigenvalue weighted by Gasteiger charge is 2.41. The summed E-state index contributed by atoms with van der Waals surface area (Å²) >= 11 is 0. The highest BCUT2D eigenvalue weighted by molar-refractivity contribution is 7.89. The van der Waals surface area contributed by atoms with Crippen molar-refractivity contribution >= 4 is 27.8 Å². The Morgan fingerprint density at radius 2 is 1.86 bits per heavy atom. The van der Waals surface area contributed by atoms with Gasteiger partial charge in [0.2, 0.25) is 21.8 Å². The number of nitrogens with zero attached hydrogens (tertiary/aromatic N) is 2. The van der Waals surface area contributed by atoms with E-state index in [0.29, 0.717) is 23.2 Å². The van der Waals surface area contributed by atoms with Crippen molar-refractivity contribution in [1.29, 1.82) is 0 Å². The number of hydrogen-bond donors (Lipinski definition) is 4. The number of pyridine rings is 1. The molecular weight excluding hydrogens is 574 g/mol. The summed E-state index contributed by atoms with van der Waals surface area (Å²) in [5.74, 6) is -2.30. The Morgan fingerprint density at radius 1 is 1.19 bits per heavy atom. The van der Waals surface area contributed by atoms with Crippen LogP contribution in [-0.2, 0) is 29.1 Å². The van der Waals surface area contributed by atoms with Gasteiger partial charge < -0.3 is 25.8 Å². The lowest BCUT2D eigenvalue weighted by Crippen LogP contribution is -2.49. The lowest BCUT2D eigenvalue weighted by molar-refractivity contribution is -0.139. The summed E-state index contributed by atoms with van der Waals surface area (Å²) in [6.07, 6.45) is 3.14. The van der Waals surface area contributed by atoms with Crippen molar-refractivity contribution in [3.63, 3.8) is 0 Å². The van der Waals surface area contributed by atoms with Crippen molar-refractivity contribution in [1.82, 2.24) is 19.9 Å². The summed E-state index contributed by atoms with van der Waals surface area (Å²) in [7, 11) is -4.19. The molecule has 2 amide bonds. The first-order chi connectivity index (χ1) is 20.2. The van der Waals surface area contributed by atoms with Gasteiger partial charge in [-0.3, -0.25) is 19.4 Å². The third kappa shape index (κ3) is 8.82. The smallest absolute Gasteiger partial charge is 0.323 e. The third-order valence-corrected chi connectivity index (χ3v) is 9.37. The van der Waals surface area contributed by atoms with Crippen molar-refractivity contribution in [3.05, 3.63) is 58.9 Å². The van der Waals surface area contributed by atoms with Crippen molar-refractivity contribution in [3.8, 4) is 0 Å². The zero-order valence-electron chi connectivity index (χ0n) is 25.4. The number of carbonyl (C=O) groups is 3. The van der Waals surface area contributed by atoms with Gasteiger partial charge in [0.25, 0.3) is 0 Å². The molecule has 1 saturated heterocycles. The van der Waals surface area contributed by atoms with Gasteiger partial charge >= 0.3 is 5.97 Å². The van der Waals surface area contributed by atoms with Crippen LogP contribution in [0.5, 0.6) is 0 Å². The number of amides is 2. The van der Waals surface area contributed by atoms with Crippen molar-refractivity contribution in [2.45, 2.75) is 83.0 Å². The first kappa shape index (κ1) is 34.1. The van der Waals surface area contributed by atoms with Gasteiger partial charge in [0.15, 0.2) is 0 Å². The Labute approximate surface area is 253 Å². The average Bonchev–Trinajstić information content (AvgIpc) is 3.37. The fourth-order valence-corrected chi connectivity index (χ4v) is 7.27. The Balaban J connectivity index is 1.62. The maximum absolute atomic E-state index is 13.3. The van der Waals surface area contributed by atoms with E-state index in [0.717, 1.165) is 18.4 Å². The molecule has 0 radical (unpaired) electrons. The van der Waals surface area contributed by atoms with Gasteiger partial charge in [0.05, 0.1) is 28.8 Å². The number of nitrogens with two attached hydrogens (primary N) is 1. The predicted octanol–water partition coefficient (Wildman–Crippen LogP) is 1.98. The number of ether oxygens (including phenoxy) is 1. The summed E-state index contributed by atoms with van der Waals surface area (Å²) in [4.78, 5) is 43.9. The molecular formula is C30H43N5O7S. The van der Waals surface area contributed by atoms with Crippen molar-refractivity contribution in [2.24, 2.45) is 11.7 Å². The third-order valence-electron chi connectivity index (χ3n) is 7.60. The fraction of sp³-hybridized carbons (Fsp3) is 0.533. The fourth-order valence-electron chi connectivity index (χ4n) is 5.63. The SMILES string of the molecule is CCCC(C)C(=O)N1CC(OCC(=O)NCC(NS(=O)(=O)c2c(C)cc(C)cc2C)C(=O)O)CC1C(N)c1ccccn1. The van der Waals surface area contributed by atoms with Crippen molar-refractivity contribution < 1.29 is 32.6 Å². The van der Waals surface area contributed by atoms with E-state index in [1.807, 2.05) is 26.8 Å². The number of carbonyl (C=O) groups excluding carboxylic acids is 2. The van der Waals surface area contributed by atoms with E-state index in [-0.39, 0.29) is 29.3 Å². The average molecular weight is 618 g/mol. The summed E-state index contributed by atoms with van der Waals surface area (Å²) < 4.78 is 34.1. The molecule has 1 aliphatic heterocycles. The van der Waals surface area contributed by atoms with Crippen LogP contribution in [0.2, 0.25) is 0 Å². The molecule has 5 N–H and O–H groups in total. The van der Waals surface area contributed by atoms with Crippen LogP contribution in [0.1, 0.15) is 61.5 Å². The number of nitrogens with one attached hydrogen (secondary N) is 2. The zero-order valence-corrected chi connectivity index (χ0v) is 26.2. The number of carboxylic acids is 1. The molecule has 5 atom stereocenters. The molecule has 43 heavy (non-hydrogen) atoms. The minimum Gasteiger partial charge on any atom is -0.480 e. The maximum Gasteiger partial charge on any atom is 0.323 e. The molecule has 1 fully saturated rings. The number of benzene rings is 1. The highest BCUT2D eigenvalue weighted by Crippen LogP contribution is 2.30. The van der Waals surface area contributed by atoms with E-state index in [1.165, 1.54) is 0 Å². The quantitative estimate of drug-likeness (QED) is 0.246. The van der Waals surface area contributed by atoms with Crippen LogP contribution in [0.4, 0.5) is 0 Å². The molecule has 0 saturated carbocycles. The molecule has 1 aliphatic rings. The number of aryl methyl sites for hydroxylation is 3. The number of rotatable bonds is 14. The summed E-state index contributed by atoms with van der Waals surface area (Å²) in [5.41, 5.74) is 9.04. The topological polar surface area (TPSA) is 181 Å². The predicted molar refractivity (Wildman–Crippen MR) is 161 cm³/mol. The summed E-state index contributed by atoms with van der Waals surface area (Å²) in [5, 5.41) is 12.1. The van der Waals surface area contributed by atoms with Crippen LogP contribution < -0.4 is 15.8 Å². The second-order valence-electron chi connectivity index (χ2n) is 11.2. The molecule has 13 heteroatoms. The van der Waals surface area contributed by atoms with Crippen molar-refractivity contribution in [2.75, 3.05) is 19.7 Å². The van der Waals surface area contributed by atoms with Crippen LogP contribution >= 0.6 is 0 Å². The molecule has 1 aromatic heterocycles. The van der Waals surface area contributed by atoms with Gasteiger partial charge in [0, 0.05) is 25.2 Å². The highest BCUT2D eigenvalue weighted by atomic mass is 32.2. The van der Waals surface area contributed by atoms with E-state index in [2.05, 4.69) is 15.0 Å². The van der Waals surface area contributed by atoms with Crippen LogP contribution in [0.15, 0.2) is 41.4 Å². The van der Waals surface area contributed by atoms with Crippen LogP contribution in [-0.4, -0.2) is 79.1 Å². The van der Waals surface area contributed by atoms with Gasteiger partial charge in [-0.2, -0.15) is 4.72 Å². The van der Waals surface area contributed by atoms with Crippen LogP contribution in [0, 0.1) is 26.7 Å². The molecule has 0 aliphatic carbocycles. The molecule has 0 bridgehead atoms. The van der Waals surface area contributed by atoms with Gasteiger partial charge in [-0.1, -0.05) is 44.0 Å². The molecule has 236 valence electrons. The van der Waals surface area contributed by atoms with Gasteiger partial charge in [-0.15, -0.1) is 0 Å². The Kier molecular flexibility index (Phi) is 11.8. The first-order valence-corrected chi connectivity index (χ1v) is 15.9. The molecule has 1 aromatic carbocycles. The van der Waals surface area contributed by atoms with Crippen LogP contribution in [0.3, 0.4) is 0 Å². The Bertz CT molecular complexity index is 1380. The van der Waals surface area contributed by atoms with Gasteiger partial charge in [0.1, 0.15) is 12.6 Å². The molecule has 2 heterocycles. The standard InChI is InChI=1S/C30H43N5O7S/c1-6-9-19(3)29(37)35-16-22(14-25(35)27(31)23-10-7-8-11-32-23)42-17-26(36)33-15-24(30(38)39)34-43(40,41)28-20(4)12-18(2)13-21(28)5/h7-8,10-13,19,22,24-25,27,34H,6,9,14-17,31H2,1-5H3,(H,33,36)(H,38,39). The van der Waals surface area contributed by atoms with E-state index >= 15 is 0 Å². The Morgan fingerprint density at radius 3 is 2.44 bits per heavy atom. The number of hydrogen-bond acceptors (Lipinski definition) is 8. The number of likely N-dealkylation sites (tertiary alicyclic amines) is 1. The lowest BCUT2D eigenvalue weighted by atomic mass is 9.99. The van der Waals surface area contributed by atoms with Crippen LogP contribution in [0.25, 0.3) is 0 Å². The summed E-state index contributed by atoms with van der Waals surface area (Å²) in [6.45, 7) is 8.36. The Hall–Kier alpha value is -3.39. The number of carboxylic acid groups (broad SMARTS) is 1. The maximum atomic E-state index is 13.3.